The number of fused-ring (bicyclic) bond motifs is 1. The van der Waals surface area contributed by atoms with Crippen LogP contribution in [0, 0.1) is 0 Å². The van der Waals surface area contributed by atoms with Gasteiger partial charge in [-0.15, -0.1) is 0 Å². The molecule has 0 saturated carbocycles. The quantitative estimate of drug-likeness (QED) is 0.822. The lowest BCUT2D eigenvalue weighted by Crippen LogP contribution is -2.19. The third-order valence-electron chi connectivity index (χ3n) is 2.06. The smallest absolute Gasteiger partial charge is 0.380 e. The Labute approximate surface area is 92.3 Å². The minimum atomic E-state index is -4.15. The second kappa shape index (κ2) is 3.66. The highest BCUT2D eigenvalue weighted by Gasteiger charge is 2.13. The first-order chi connectivity index (χ1) is 7.47. The largest absolute Gasteiger partial charge is 0.504 e. The maximum absolute atomic E-state index is 10.8. The van der Waals surface area contributed by atoms with E-state index in [9.17, 15) is 13.5 Å². The van der Waals surface area contributed by atoms with Gasteiger partial charge in [0.05, 0.1) is 0 Å². The highest BCUT2D eigenvalue weighted by Crippen LogP contribution is 2.35. The van der Waals surface area contributed by atoms with Gasteiger partial charge in [0.1, 0.15) is 0 Å². The summed E-state index contributed by atoms with van der Waals surface area (Å²) in [7, 11) is -4.15. The number of hydrogen-bond acceptors (Lipinski definition) is 4. The zero-order chi connectivity index (χ0) is 11.8. The number of aromatic hydroxyl groups is 1. The van der Waals surface area contributed by atoms with Crippen molar-refractivity contribution in [3.05, 3.63) is 36.4 Å². The second-order valence-electron chi connectivity index (χ2n) is 3.21. The Morgan fingerprint density at radius 2 is 1.81 bits per heavy atom. The molecular formula is C10H9NO4S. The van der Waals surface area contributed by atoms with E-state index in [-0.39, 0.29) is 11.5 Å². The first kappa shape index (κ1) is 10.7. The fourth-order valence-corrected chi connectivity index (χ4v) is 1.84. The van der Waals surface area contributed by atoms with Crippen LogP contribution in [0.15, 0.2) is 36.4 Å². The molecule has 0 aliphatic carbocycles. The Morgan fingerprint density at radius 1 is 1.12 bits per heavy atom. The van der Waals surface area contributed by atoms with Crippen molar-refractivity contribution in [2.45, 2.75) is 0 Å². The Kier molecular flexibility index (Phi) is 2.45. The third-order valence-corrected chi connectivity index (χ3v) is 2.46. The number of nitrogens with two attached hydrogens (primary N) is 1. The minimum Gasteiger partial charge on any atom is -0.504 e. The molecule has 0 bridgehead atoms. The van der Waals surface area contributed by atoms with Crippen LogP contribution in [0.3, 0.4) is 0 Å². The standard InChI is InChI=1S/C10H9NO4S/c11-16(13,14)15-10-8-4-2-1-3-7(8)5-6-9(10)12/h1-6,12H,(H2,11,13,14). The summed E-state index contributed by atoms with van der Waals surface area (Å²) in [5.74, 6) is -0.423. The van der Waals surface area contributed by atoms with Crippen molar-refractivity contribution in [3.8, 4) is 11.5 Å². The highest BCUT2D eigenvalue weighted by molar-refractivity contribution is 7.84. The van der Waals surface area contributed by atoms with E-state index in [1.54, 1.807) is 30.3 Å². The van der Waals surface area contributed by atoms with Gasteiger partial charge in [-0.25, -0.2) is 0 Å². The maximum atomic E-state index is 10.8. The first-order valence-electron chi connectivity index (χ1n) is 4.40. The molecule has 0 amide bonds. The van der Waals surface area contributed by atoms with E-state index in [0.29, 0.717) is 5.39 Å². The summed E-state index contributed by atoms with van der Waals surface area (Å²) in [5, 5.41) is 15.5. The number of phenols is 1. The lowest BCUT2D eigenvalue weighted by molar-refractivity contribution is 0.431. The van der Waals surface area contributed by atoms with Crippen molar-refractivity contribution < 1.29 is 17.7 Å². The van der Waals surface area contributed by atoms with Gasteiger partial charge >= 0.3 is 10.3 Å². The zero-order valence-electron chi connectivity index (χ0n) is 8.12. The van der Waals surface area contributed by atoms with Gasteiger partial charge < -0.3 is 9.29 Å². The van der Waals surface area contributed by atoms with E-state index in [0.717, 1.165) is 5.39 Å². The Hall–Kier alpha value is -1.79. The Bertz CT molecular complexity index is 636. The lowest BCUT2D eigenvalue weighted by Gasteiger charge is -2.08. The molecule has 0 aromatic heterocycles. The van der Waals surface area contributed by atoms with E-state index in [1.807, 2.05) is 0 Å². The summed E-state index contributed by atoms with van der Waals surface area (Å²) in [4.78, 5) is 0. The van der Waals surface area contributed by atoms with Crippen LogP contribution in [0.5, 0.6) is 11.5 Å². The molecule has 0 aliphatic rings. The molecule has 0 spiro atoms. The molecule has 0 radical (unpaired) electrons. The SMILES string of the molecule is NS(=O)(=O)Oc1c(O)ccc2ccccc12. The highest BCUT2D eigenvalue weighted by atomic mass is 32.2. The topological polar surface area (TPSA) is 89.6 Å². The molecule has 16 heavy (non-hydrogen) atoms. The van der Waals surface area contributed by atoms with Crippen LogP contribution in [0.2, 0.25) is 0 Å². The molecule has 2 rings (SSSR count). The van der Waals surface area contributed by atoms with E-state index < -0.39 is 10.3 Å². The van der Waals surface area contributed by atoms with Crippen molar-refractivity contribution >= 4 is 21.1 Å². The van der Waals surface area contributed by atoms with E-state index in [4.69, 9.17) is 5.14 Å². The fourth-order valence-electron chi connectivity index (χ4n) is 1.44. The van der Waals surface area contributed by atoms with E-state index in [2.05, 4.69) is 4.18 Å². The normalized spacial score (nSPS) is 11.6. The maximum Gasteiger partial charge on any atom is 0.380 e. The van der Waals surface area contributed by atoms with Gasteiger partial charge in [0.2, 0.25) is 0 Å². The zero-order valence-corrected chi connectivity index (χ0v) is 8.94. The molecular weight excluding hydrogens is 230 g/mol. The molecule has 0 atom stereocenters. The van der Waals surface area contributed by atoms with Gasteiger partial charge in [0.15, 0.2) is 11.5 Å². The molecule has 6 heteroatoms. The summed E-state index contributed by atoms with van der Waals surface area (Å²) in [6.07, 6.45) is 0. The Balaban J connectivity index is 2.71. The van der Waals surface area contributed by atoms with Crippen LogP contribution < -0.4 is 9.32 Å². The molecule has 0 aliphatic heterocycles. The predicted molar refractivity (Wildman–Crippen MR) is 59.3 cm³/mol. The van der Waals surface area contributed by atoms with Gasteiger partial charge in [0.25, 0.3) is 0 Å². The number of rotatable bonds is 2. The molecule has 0 saturated heterocycles. The van der Waals surface area contributed by atoms with Crippen LogP contribution in [0.4, 0.5) is 0 Å². The molecule has 3 N–H and O–H groups in total. The molecule has 0 heterocycles. The van der Waals surface area contributed by atoms with Gasteiger partial charge in [-0.1, -0.05) is 30.3 Å². The molecule has 0 unspecified atom stereocenters. The van der Waals surface area contributed by atoms with Gasteiger partial charge in [-0.05, 0) is 11.5 Å². The van der Waals surface area contributed by atoms with Crippen molar-refractivity contribution in [1.82, 2.24) is 0 Å². The van der Waals surface area contributed by atoms with Crippen molar-refractivity contribution in [3.63, 3.8) is 0 Å². The second-order valence-corrected chi connectivity index (χ2v) is 4.36. The summed E-state index contributed by atoms with van der Waals surface area (Å²) >= 11 is 0. The lowest BCUT2D eigenvalue weighted by atomic mass is 10.1. The number of hydrogen-bond donors (Lipinski definition) is 2. The van der Waals surface area contributed by atoms with Crippen molar-refractivity contribution in [2.24, 2.45) is 5.14 Å². The summed E-state index contributed by atoms with van der Waals surface area (Å²) in [5.41, 5.74) is 0. The van der Waals surface area contributed by atoms with Gasteiger partial charge in [0, 0.05) is 5.39 Å². The van der Waals surface area contributed by atoms with E-state index >= 15 is 0 Å². The molecule has 5 nitrogen and oxygen atoms in total. The Morgan fingerprint density at radius 3 is 2.50 bits per heavy atom. The summed E-state index contributed by atoms with van der Waals surface area (Å²) in [6, 6.07) is 9.90. The van der Waals surface area contributed by atoms with Crippen molar-refractivity contribution in [1.29, 1.82) is 0 Å². The van der Waals surface area contributed by atoms with Gasteiger partial charge in [-0.2, -0.15) is 13.6 Å². The van der Waals surface area contributed by atoms with Crippen LogP contribution >= 0.6 is 0 Å². The van der Waals surface area contributed by atoms with Gasteiger partial charge in [-0.3, -0.25) is 0 Å². The molecule has 2 aromatic carbocycles. The first-order valence-corrected chi connectivity index (χ1v) is 5.87. The predicted octanol–water partition coefficient (Wildman–Crippen LogP) is 1.13. The molecule has 84 valence electrons. The minimum absolute atomic E-state index is 0.152. The monoisotopic (exact) mass is 239 g/mol. The van der Waals surface area contributed by atoms with Crippen LogP contribution in [-0.2, 0) is 10.3 Å². The van der Waals surface area contributed by atoms with E-state index in [1.165, 1.54) is 6.07 Å². The molecule has 2 aromatic rings. The third kappa shape index (κ3) is 2.07. The summed E-state index contributed by atoms with van der Waals surface area (Å²) < 4.78 is 26.2. The van der Waals surface area contributed by atoms with Crippen LogP contribution in [-0.4, -0.2) is 13.5 Å². The summed E-state index contributed by atoms with van der Waals surface area (Å²) in [6.45, 7) is 0. The average Bonchev–Trinajstić information content (AvgIpc) is 2.21. The van der Waals surface area contributed by atoms with Crippen molar-refractivity contribution in [2.75, 3.05) is 0 Å². The van der Waals surface area contributed by atoms with Crippen LogP contribution in [0.25, 0.3) is 10.8 Å². The number of benzene rings is 2. The average molecular weight is 239 g/mol. The van der Waals surface area contributed by atoms with Crippen LogP contribution in [0.1, 0.15) is 0 Å². The fraction of sp³-hybridized carbons (Fsp3) is 0. The molecule has 0 fully saturated rings. The number of phenolic OH excluding ortho intramolecular Hbond substituents is 1.